The van der Waals surface area contributed by atoms with Crippen molar-refractivity contribution < 1.29 is 0 Å². The predicted molar refractivity (Wildman–Crippen MR) is 58.8 cm³/mol. The van der Waals surface area contributed by atoms with E-state index >= 15 is 0 Å². The van der Waals surface area contributed by atoms with Crippen LogP contribution in [0.2, 0.25) is 0 Å². The molecule has 0 aliphatic carbocycles. The molecule has 0 nitrogen and oxygen atoms in total. The molecule has 12 heavy (non-hydrogen) atoms. The Labute approximate surface area is 77.2 Å². The molecule has 1 heteroatoms. The molecular weight excluding hydrogens is 163 g/mol. The molecule has 1 rings (SSSR count). The zero-order valence-corrected chi connectivity index (χ0v) is 9.09. The molecule has 0 radical (unpaired) electrons. The van der Waals surface area contributed by atoms with Gasteiger partial charge in [-0.1, -0.05) is 59.7 Å². The van der Waals surface area contributed by atoms with Gasteiger partial charge in [0.15, 0.2) is 0 Å². The van der Waals surface area contributed by atoms with E-state index in [1.807, 2.05) is 0 Å². The van der Waals surface area contributed by atoms with Gasteiger partial charge in [-0.2, -0.15) is 0 Å². The fraction of sp³-hybridized carbons (Fsp3) is 0.455. The van der Waals surface area contributed by atoms with Gasteiger partial charge in [0.1, 0.15) is 0 Å². The molecule has 0 aromatic heterocycles. The van der Waals surface area contributed by atoms with Gasteiger partial charge >= 0.3 is 0 Å². The van der Waals surface area contributed by atoms with E-state index in [1.54, 1.807) is 0 Å². The van der Waals surface area contributed by atoms with Gasteiger partial charge in [0.05, 0.1) is 0 Å². The Hall–Kier alpha value is -0.350. The molecule has 1 atom stereocenters. The molecule has 0 heterocycles. The summed E-state index contributed by atoms with van der Waals surface area (Å²) < 4.78 is 0. The number of rotatable bonds is 3. The van der Waals surface area contributed by atoms with Crippen molar-refractivity contribution in [3.05, 3.63) is 30.3 Å². The summed E-state index contributed by atoms with van der Waals surface area (Å²) >= 11 is 0. The van der Waals surface area contributed by atoms with Crippen LogP contribution in [0.5, 0.6) is 0 Å². The van der Waals surface area contributed by atoms with Gasteiger partial charge in [-0.15, -0.1) is 0 Å². The summed E-state index contributed by atoms with van der Waals surface area (Å²) in [6, 6.07) is 10.8. The molecule has 0 spiro atoms. The summed E-state index contributed by atoms with van der Waals surface area (Å²) in [6.07, 6.45) is 1.25. The lowest BCUT2D eigenvalue weighted by molar-refractivity contribution is 0.681. The topological polar surface area (TPSA) is 0 Å². The van der Waals surface area contributed by atoms with Crippen molar-refractivity contribution in [3.8, 4) is 0 Å². The highest BCUT2D eigenvalue weighted by atomic mass is 31.1. The van der Waals surface area contributed by atoms with E-state index in [4.69, 9.17) is 0 Å². The van der Waals surface area contributed by atoms with Gasteiger partial charge < -0.3 is 0 Å². The maximum Gasteiger partial charge on any atom is -0.0141 e. The highest BCUT2D eigenvalue weighted by Gasteiger charge is 2.14. The average Bonchev–Trinajstić information content (AvgIpc) is 2.06. The largest absolute Gasteiger partial charge is 0.0846 e. The molecule has 0 aliphatic heterocycles. The van der Waals surface area contributed by atoms with E-state index in [9.17, 15) is 0 Å². The molecule has 66 valence electrons. The highest BCUT2D eigenvalue weighted by molar-refractivity contribution is 7.48. The standard InChI is InChI=1S/C11H17P/c1-4-11(2,3)12-10-8-6-5-7-9-10/h5-9,12H,4H2,1-3H3. The third kappa shape index (κ3) is 2.95. The summed E-state index contributed by atoms with van der Waals surface area (Å²) in [5, 5.41) is 1.95. The van der Waals surface area contributed by atoms with Gasteiger partial charge in [-0.3, -0.25) is 0 Å². The molecule has 0 bridgehead atoms. The van der Waals surface area contributed by atoms with Crippen molar-refractivity contribution >= 4 is 13.9 Å². The molecule has 0 saturated carbocycles. The summed E-state index contributed by atoms with van der Waals surface area (Å²) in [4.78, 5) is 0. The minimum absolute atomic E-state index is 0.474. The van der Waals surface area contributed by atoms with E-state index in [0.29, 0.717) is 5.16 Å². The van der Waals surface area contributed by atoms with Crippen LogP contribution in [-0.4, -0.2) is 5.16 Å². The summed E-state index contributed by atoms with van der Waals surface area (Å²) in [7, 11) is 0.931. The Bertz CT molecular complexity index is 226. The first kappa shape index (κ1) is 9.74. The second kappa shape index (κ2) is 4.05. The van der Waals surface area contributed by atoms with Crippen LogP contribution >= 0.6 is 8.58 Å². The van der Waals surface area contributed by atoms with E-state index < -0.39 is 0 Å². The van der Waals surface area contributed by atoms with Crippen molar-refractivity contribution in [2.75, 3.05) is 0 Å². The van der Waals surface area contributed by atoms with E-state index in [-0.39, 0.29) is 0 Å². The van der Waals surface area contributed by atoms with Crippen LogP contribution in [0.3, 0.4) is 0 Å². The zero-order chi connectivity index (χ0) is 9.03. The van der Waals surface area contributed by atoms with Crippen molar-refractivity contribution in [1.82, 2.24) is 0 Å². The van der Waals surface area contributed by atoms with Gasteiger partial charge in [0.25, 0.3) is 0 Å². The molecule has 0 aliphatic rings. The van der Waals surface area contributed by atoms with Crippen LogP contribution in [-0.2, 0) is 0 Å². The van der Waals surface area contributed by atoms with Crippen LogP contribution in [0.4, 0.5) is 0 Å². The molecular formula is C11H17P. The van der Waals surface area contributed by atoms with Crippen LogP contribution in [0.15, 0.2) is 30.3 Å². The molecule has 0 amide bonds. The molecule has 1 aromatic carbocycles. The lowest BCUT2D eigenvalue weighted by atomic mass is 10.1. The number of benzene rings is 1. The number of hydrogen-bond donors (Lipinski definition) is 0. The Kier molecular flexibility index (Phi) is 3.29. The molecule has 0 saturated heterocycles. The van der Waals surface area contributed by atoms with Crippen LogP contribution < -0.4 is 5.30 Å². The molecule has 0 fully saturated rings. The summed E-state index contributed by atoms with van der Waals surface area (Å²) in [5.41, 5.74) is 0. The SMILES string of the molecule is CCC(C)(C)Pc1ccccc1. The monoisotopic (exact) mass is 180 g/mol. The van der Waals surface area contributed by atoms with E-state index in [1.165, 1.54) is 11.7 Å². The van der Waals surface area contributed by atoms with Crippen LogP contribution in [0.25, 0.3) is 0 Å². The van der Waals surface area contributed by atoms with E-state index in [0.717, 1.165) is 8.58 Å². The minimum Gasteiger partial charge on any atom is -0.0846 e. The van der Waals surface area contributed by atoms with Gasteiger partial charge in [0, 0.05) is 0 Å². The predicted octanol–water partition coefficient (Wildman–Crippen LogP) is 3.18. The second-order valence-electron chi connectivity index (χ2n) is 3.73. The van der Waals surface area contributed by atoms with E-state index in [2.05, 4.69) is 51.1 Å². The van der Waals surface area contributed by atoms with Crippen LogP contribution in [0.1, 0.15) is 27.2 Å². The van der Waals surface area contributed by atoms with Gasteiger partial charge in [-0.25, -0.2) is 0 Å². The molecule has 0 N–H and O–H groups in total. The minimum atomic E-state index is 0.474. The highest BCUT2D eigenvalue weighted by Crippen LogP contribution is 2.32. The van der Waals surface area contributed by atoms with Crippen molar-refractivity contribution in [1.29, 1.82) is 0 Å². The second-order valence-corrected chi connectivity index (χ2v) is 5.91. The van der Waals surface area contributed by atoms with Crippen molar-refractivity contribution in [3.63, 3.8) is 0 Å². The lowest BCUT2D eigenvalue weighted by Gasteiger charge is -2.22. The Morgan fingerprint density at radius 3 is 2.25 bits per heavy atom. The first-order chi connectivity index (χ1) is 5.64. The fourth-order valence-electron chi connectivity index (χ4n) is 1.00. The Morgan fingerprint density at radius 2 is 1.75 bits per heavy atom. The van der Waals surface area contributed by atoms with Crippen molar-refractivity contribution in [2.24, 2.45) is 0 Å². The lowest BCUT2D eigenvalue weighted by Crippen LogP contribution is -2.14. The summed E-state index contributed by atoms with van der Waals surface area (Å²) in [6.45, 7) is 6.92. The zero-order valence-electron chi connectivity index (χ0n) is 8.09. The van der Waals surface area contributed by atoms with Gasteiger partial charge in [-0.05, 0) is 16.9 Å². The first-order valence-electron chi connectivity index (χ1n) is 4.47. The maximum atomic E-state index is 2.33. The Morgan fingerprint density at radius 1 is 1.17 bits per heavy atom. The smallest absolute Gasteiger partial charge is 0.0141 e. The quantitative estimate of drug-likeness (QED) is 0.627. The first-order valence-corrected chi connectivity index (χ1v) is 5.47. The van der Waals surface area contributed by atoms with Crippen molar-refractivity contribution in [2.45, 2.75) is 32.3 Å². The maximum absolute atomic E-state index is 2.33. The summed E-state index contributed by atoms with van der Waals surface area (Å²) in [5.74, 6) is 0. The third-order valence-corrected chi connectivity index (χ3v) is 3.79. The average molecular weight is 180 g/mol. The molecule has 1 aromatic rings. The number of hydrogen-bond acceptors (Lipinski definition) is 0. The van der Waals surface area contributed by atoms with Gasteiger partial charge in [0.2, 0.25) is 0 Å². The fourth-order valence-corrected chi connectivity index (χ4v) is 2.32. The Balaban J connectivity index is 2.64. The van der Waals surface area contributed by atoms with Crippen LogP contribution in [0, 0.1) is 0 Å². The normalized spacial score (nSPS) is 12.6. The third-order valence-electron chi connectivity index (χ3n) is 2.14. The molecule has 1 unspecified atom stereocenters.